The second kappa shape index (κ2) is 7.31. The molecule has 1 aromatic heterocycles. The van der Waals surface area contributed by atoms with Gasteiger partial charge in [0.05, 0.1) is 26.1 Å². The maximum atomic E-state index is 11.3. The average molecular weight is 301 g/mol. The molecule has 0 fully saturated rings. The molecule has 2 N–H and O–H groups in total. The first kappa shape index (κ1) is 15.6. The summed E-state index contributed by atoms with van der Waals surface area (Å²) in [6.45, 7) is 1.80. The molecule has 0 aliphatic heterocycles. The molecule has 22 heavy (non-hydrogen) atoms. The summed E-state index contributed by atoms with van der Waals surface area (Å²) in [6.07, 6.45) is 2.04. The van der Waals surface area contributed by atoms with Crippen molar-refractivity contribution in [3.63, 3.8) is 0 Å². The van der Waals surface area contributed by atoms with Crippen molar-refractivity contribution < 1.29 is 14.3 Å². The van der Waals surface area contributed by atoms with Gasteiger partial charge in [0.15, 0.2) is 11.5 Å². The van der Waals surface area contributed by atoms with Crippen LogP contribution in [-0.4, -0.2) is 25.1 Å². The summed E-state index contributed by atoms with van der Waals surface area (Å²) in [6, 6.07) is 9.10. The number of anilines is 3. The van der Waals surface area contributed by atoms with Crippen LogP contribution in [0.3, 0.4) is 0 Å². The van der Waals surface area contributed by atoms with E-state index in [4.69, 9.17) is 9.47 Å². The molecule has 0 bridgehead atoms. The van der Waals surface area contributed by atoms with Crippen molar-refractivity contribution in [3.05, 3.63) is 36.5 Å². The number of nitrogens with one attached hydrogen (secondary N) is 2. The van der Waals surface area contributed by atoms with E-state index in [9.17, 15) is 4.79 Å². The number of hydrogen-bond acceptors (Lipinski definition) is 5. The van der Waals surface area contributed by atoms with E-state index >= 15 is 0 Å². The van der Waals surface area contributed by atoms with Gasteiger partial charge in [0.1, 0.15) is 5.82 Å². The standard InChI is InChI=1S/C16H19N3O3/c1-4-16(20)19-12-6-8-15(17-10-12)18-11-5-7-13(21-2)14(9-11)22-3/h5-10H,4H2,1-3H3,(H,17,18)(H,19,20). The lowest BCUT2D eigenvalue weighted by Gasteiger charge is -2.11. The van der Waals surface area contributed by atoms with Gasteiger partial charge in [-0.2, -0.15) is 0 Å². The summed E-state index contributed by atoms with van der Waals surface area (Å²) in [7, 11) is 3.18. The third-order valence-electron chi connectivity index (χ3n) is 3.02. The predicted molar refractivity (Wildman–Crippen MR) is 86.0 cm³/mol. The first-order valence-corrected chi connectivity index (χ1v) is 6.91. The molecule has 0 aliphatic carbocycles. The van der Waals surface area contributed by atoms with E-state index in [-0.39, 0.29) is 5.91 Å². The van der Waals surface area contributed by atoms with Crippen LogP contribution in [0.15, 0.2) is 36.5 Å². The molecule has 0 saturated carbocycles. The number of benzene rings is 1. The molecule has 1 heterocycles. The van der Waals surface area contributed by atoms with Crippen LogP contribution in [0, 0.1) is 0 Å². The van der Waals surface area contributed by atoms with Crippen LogP contribution < -0.4 is 20.1 Å². The number of rotatable bonds is 6. The van der Waals surface area contributed by atoms with E-state index in [1.54, 1.807) is 39.5 Å². The van der Waals surface area contributed by atoms with Crippen molar-refractivity contribution in [3.8, 4) is 11.5 Å². The Hall–Kier alpha value is -2.76. The lowest BCUT2D eigenvalue weighted by atomic mass is 10.2. The quantitative estimate of drug-likeness (QED) is 0.857. The molecule has 0 unspecified atom stereocenters. The Morgan fingerprint density at radius 3 is 2.41 bits per heavy atom. The zero-order chi connectivity index (χ0) is 15.9. The van der Waals surface area contributed by atoms with Gasteiger partial charge in [-0.25, -0.2) is 4.98 Å². The van der Waals surface area contributed by atoms with Crippen LogP contribution in [0.4, 0.5) is 17.2 Å². The van der Waals surface area contributed by atoms with Gasteiger partial charge in [-0.3, -0.25) is 4.79 Å². The molecular weight excluding hydrogens is 282 g/mol. The van der Waals surface area contributed by atoms with Gasteiger partial charge in [-0.1, -0.05) is 6.92 Å². The minimum absolute atomic E-state index is 0.0394. The summed E-state index contributed by atoms with van der Waals surface area (Å²) in [5, 5.41) is 5.92. The summed E-state index contributed by atoms with van der Waals surface area (Å²) in [5.74, 6) is 1.93. The topological polar surface area (TPSA) is 72.5 Å². The van der Waals surface area contributed by atoms with Crippen molar-refractivity contribution >= 4 is 23.1 Å². The van der Waals surface area contributed by atoms with Crippen LogP contribution in [0.25, 0.3) is 0 Å². The number of hydrogen-bond donors (Lipinski definition) is 2. The molecule has 0 atom stereocenters. The minimum atomic E-state index is -0.0394. The Bertz CT molecular complexity index is 642. The van der Waals surface area contributed by atoms with Crippen LogP contribution in [0.1, 0.15) is 13.3 Å². The van der Waals surface area contributed by atoms with Crippen molar-refractivity contribution in [1.82, 2.24) is 4.98 Å². The lowest BCUT2D eigenvalue weighted by molar-refractivity contribution is -0.115. The zero-order valence-corrected chi connectivity index (χ0v) is 12.8. The highest BCUT2D eigenvalue weighted by Gasteiger charge is 2.05. The van der Waals surface area contributed by atoms with Gasteiger partial charge in [0, 0.05) is 18.2 Å². The normalized spacial score (nSPS) is 9.95. The number of carbonyl (C=O) groups is 1. The molecule has 2 rings (SSSR count). The van der Waals surface area contributed by atoms with Crippen LogP contribution in [0.5, 0.6) is 11.5 Å². The highest BCUT2D eigenvalue weighted by molar-refractivity contribution is 5.90. The largest absolute Gasteiger partial charge is 0.493 e. The third-order valence-corrected chi connectivity index (χ3v) is 3.02. The van der Waals surface area contributed by atoms with Crippen LogP contribution in [0.2, 0.25) is 0 Å². The lowest BCUT2D eigenvalue weighted by Crippen LogP contribution is -2.09. The summed E-state index contributed by atoms with van der Waals surface area (Å²) >= 11 is 0. The maximum Gasteiger partial charge on any atom is 0.224 e. The molecule has 116 valence electrons. The van der Waals surface area contributed by atoms with Crippen molar-refractivity contribution in [2.24, 2.45) is 0 Å². The molecule has 0 radical (unpaired) electrons. The van der Waals surface area contributed by atoms with E-state index in [1.807, 2.05) is 18.2 Å². The molecule has 0 aliphatic rings. The number of nitrogens with zero attached hydrogens (tertiary/aromatic N) is 1. The maximum absolute atomic E-state index is 11.3. The number of ether oxygens (including phenoxy) is 2. The average Bonchev–Trinajstić information content (AvgIpc) is 2.56. The molecule has 1 aromatic carbocycles. The Labute approximate surface area is 129 Å². The zero-order valence-electron chi connectivity index (χ0n) is 12.8. The van der Waals surface area contributed by atoms with E-state index in [1.165, 1.54) is 0 Å². The van der Waals surface area contributed by atoms with Crippen molar-refractivity contribution in [2.45, 2.75) is 13.3 Å². The number of carbonyl (C=O) groups excluding carboxylic acids is 1. The van der Waals surface area contributed by atoms with Gasteiger partial charge in [0.25, 0.3) is 0 Å². The first-order chi connectivity index (χ1) is 10.7. The second-order valence-corrected chi connectivity index (χ2v) is 4.53. The SMILES string of the molecule is CCC(=O)Nc1ccc(Nc2ccc(OC)c(OC)c2)nc1. The van der Waals surface area contributed by atoms with Gasteiger partial charge < -0.3 is 20.1 Å². The number of aromatic nitrogens is 1. The third kappa shape index (κ3) is 3.88. The smallest absolute Gasteiger partial charge is 0.224 e. The fourth-order valence-electron chi connectivity index (χ4n) is 1.85. The number of pyridine rings is 1. The fraction of sp³-hybridized carbons (Fsp3) is 0.250. The molecule has 1 amide bonds. The van der Waals surface area contributed by atoms with E-state index < -0.39 is 0 Å². The van der Waals surface area contributed by atoms with E-state index in [0.29, 0.717) is 29.4 Å². The molecule has 0 spiro atoms. The Morgan fingerprint density at radius 1 is 1.09 bits per heavy atom. The molecular formula is C16H19N3O3. The van der Waals surface area contributed by atoms with Gasteiger partial charge in [-0.05, 0) is 24.3 Å². The van der Waals surface area contributed by atoms with E-state index in [2.05, 4.69) is 15.6 Å². The summed E-state index contributed by atoms with van der Waals surface area (Å²) in [4.78, 5) is 15.6. The molecule has 2 aromatic rings. The Morgan fingerprint density at radius 2 is 1.82 bits per heavy atom. The second-order valence-electron chi connectivity index (χ2n) is 4.53. The number of methoxy groups -OCH3 is 2. The Kier molecular flexibility index (Phi) is 5.19. The van der Waals surface area contributed by atoms with Crippen molar-refractivity contribution in [2.75, 3.05) is 24.9 Å². The molecule has 6 heteroatoms. The van der Waals surface area contributed by atoms with Gasteiger partial charge in [0.2, 0.25) is 5.91 Å². The first-order valence-electron chi connectivity index (χ1n) is 6.91. The summed E-state index contributed by atoms with van der Waals surface area (Å²) in [5.41, 5.74) is 1.50. The Balaban J connectivity index is 2.09. The van der Waals surface area contributed by atoms with Crippen molar-refractivity contribution in [1.29, 1.82) is 0 Å². The van der Waals surface area contributed by atoms with E-state index in [0.717, 1.165) is 5.69 Å². The van der Waals surface area contributed by atoms with Crippen LogP contribution >= 0.6 is 0 Å². The highest BCUT2D eigenvalue weighted by Crippen LogP contribution is 2.30. The monoisotopic (exact) mass is 301 g/mol. The minimum Gasteiger partial charge on any atom is -0.493 e. The molecule has 6 nitrogen and oxygen atoms in total. The molecule has 0 saturated heterocycles. The van der Waals surface area contributed by atoms with Gasteiger partial charge >= 0.3 is 0 Å². The highest BCUT2D eigenvalue weighted by atomic mass is 16.5. The predicted octanol–water partition coefficient (Wildman–Crippen LogP) is 3.19. The van der Waals surface area contributed by atoms with Gasteiger partial charge in [-0.15, -0.1) is 0 Å². The number of amides is 1. The van der Waals surface area contributed by atoms with Crippen LogP contribution in [-0.2, 0) is 4.79 Å². The fourth-order valence-corrected chi connectivity index (χ4v) is 1.85. The summed E-state index contributed by atoms with van der Waals surface area (Å²) < 4.78 is 10.5.